The van der Waals surface area contributed by atoms with Crippen molar-refractivity contribution in [2.45, 2.75) is 258 Å². The Morgan fingerprint density at radius 2 is 0.520 bits per heavy atom. The Kier molecular flexibility index (Phi) is 58.0. The van der Waals surface area contributed by atoms with E-state index in [0.717, 1.165) is 161 Å². The predicted molar refractivity (Wildman–Crippen MR) is 325 cm³/mol. The Balaban J connectivity index is 4.35. The van der Waals surface area contributed by atoms with Crippen molar-refractivity contribution in [1.29, 1.82) is 0 Å². The highest BCUT2D eigenvalue weighted by Crippen LogP contribution is 2.14. The summed E-state index contributed by atoms with van der Waals surface area (Å²) in [6, 6.07) is 0. The monoisotopic (exact) mass is 1030 g/mol. The summed E-state index contributed by atoms with van der Waals surface area (Å²) in [4.78, 5) is 38.2. The van der Waals surface area contributed by atoms with Crippen LogP contribution in [0.1, 0.15) is 252 Å². The first-order valence-electron chi connectivity index (χ1n) is 30.3. The summed E-state index contributed by atoms with van der Waals surface area (Å²) in [6.45, 7) is 6.33. The van der Waals surface area contributed by atoms with Crippen LogP contribution in [0.25, 0.3) is 0 Å². The molecule has 0 aromatic heterocycles. The molecule has 1 atom stereocenters. The van der Waals surface area contributed by atoms with Crippen molar-refractivity contribution in [3.63, 3.8) is 0 Å². The summed E-state index contributed by atoms with van der Waals surface area (Å²) in [5.74, 6) is -0.950. The standard InChI is InChI=1S/C69H110O6/c1-4-7-10-13-16-19-22-24-26-28-29-30-31-32-33-34-35-36-37-38-39-41-42-44-47-50-53-56-59-62-68(71)74-65-66(64-73-67(70)61-58-55-52-49-46-21-18-15-12-9-6-3)75-69(72)63-60-57-54-51-48-45-43-40-27-25-23-20-17-14-11-8-5-2/h7-8,10-11,15-20,24-27,29-30,32-33,35-36,38-39,43,45,66H,4-6,9,12-14,21-23,28,31,34,37,40-42,44,46-65H2,1-3H3/b10-7-,11-8-,18-15-,19-16-,20-17-,26-24-,27-25-,30-29-,33-32-,36-35-,39-38-,45-43-. The molecule has 0 radical (unpaired) electrons. The molecule has 0 aliphatic heterocycles. The van der Waals surface area contributed by atoms with Crippen molar-refractivity contribution in [2.24, 2.45) is 0 Å². The van der Waals surface area contributed by atoms with Crippen molar-refractivity contribution >= 4 is 17.9 Å². The Bertz CT molecular complexity index is 1660. The summed E-state index contributed by atoms with van der Waals surface area (Å²) in [7, 11) is 0. The van der Waals surface area contributed by atoms with Crippen LogP contribution in [0, 0.1) is 0 Å². The Morgan fingerprint density at radius 1 is 0.280 bits per heavy atom. The van der Waals surface area contributed by atoms with Gasteiger partial charge in [-0.05, 0) is 135 Å². The number of hydrogen-bond acceptors (Lipinski definition) is 6. The molecule has 1 unspecified atom stereocenters. The van der Waals surface area contributed by atoms with Gasteiger partial charge in [0.1, 0.15) is 13.2 Å². The molecule has 0 aromatic carbocycles. The van der Waals surface area contributed by atoms with Gasteiger partial charge in [-0.1, -0.05) is 244 Å². The van der Waals surface area contributed by atoms with Crippen LogP contribution in [0.2, 0.25) is 0 Å². The SMILES string of the molecule is CC/C=C\C/C=C\C/C=C\C/C=C\C/C=C\C/C=C\C/C=C\CCCCCCCCCC(=O)OCC(COC(=O)CCCCCCC/C=C\CCCC)OC(=O)CCCCCC/C=C\C/C=C\C/C=C\C/C=C\CC. The summed E-state index contributed by atoms with van der Waals surface area (Å²) in [5, 5.41) is 0. The molecule has 0 fully saturated rings. The molecule has 0 N–H and O–H groups in total. The molecule has 422 valence electrons. The summed E-state index contributed by atoms with van der Waals surface area (Å²) < 4.78 is 16.8. The lowest BCUT2D eigenvalue weighted by molar-refractivity contribution is -0.167. The van der Waals surface area contributed by atoms with Gasteiger partial charge < -0.3 is 14.2 Å². The van der Waals surface area contributed by atoms with Gasteiger partial charge in [-0.15, -0.1) is 0 Å². The highest BCUT2D eigenvalue weighted by atomic mass is 16.6. The maximum Gasteiger partial charge on any atom is 0.306 e. The predicted octanol–water partition coefficient (Wildman–Crippen LogP) is 20.8. The Morgan fingerprint density at radius 3 is 0.827 bits per heavy atom. The molecule has 0 aliphatic rings. The molecule has 0 saturated heterocycles. The number of carbonyl (C=O) groups excluding carboxylic acids is 3. The average Bonchev–Trinajstić information content (AvgIpc) is 3.41. The molecule has 0 heterocycles. The van der Waals surface area contributed by atoms with Crippen LogP contribution < -0.4 is 0 Å². The number of allylic oxidation sites excluding steroid dienone is 24. The van der Waals surface area contributed by atoms with Gasteiger partial charge in [0.15, 0.2) is 6.10 Å². The van der Waals surface area contributed by atoms with Gasteiger partial charge in [0.05, 0.1) is 0 Å². The third kappa shape index (κ3) is 60.0. The van der Waals surface area contributed by atoms with Crippen LogP contribution >= 0.6 is 0 Å². The molecule has 0 saturated carbocycles. The molecule has 0 aliphatic carbocycles. The van der Waals surface area contributed by atoms with Crippen LogP contribution in [0.5, 0.6) is 0 Å². The second-order valence-electron chi connectivity index (χ2n) is 19.5. The molecule has 0 aromatic rings. The lowest BCUT2D eigenvalue weighted by Crippen LogP contribution is -2.30. The topological polar surface area (TPSA) is 78.9 Å². The molecule has 6 heteroatoms. The van der Waals surface area contributed by atoms with Crippen LogP contribution in [-0.2, 0) is 28.6 Å². The van der Waals surface area contributed by atoms with Crippen LogP contribution in [0.4, 0.5) is 0 Å². The minimum atomic E-state index is -0.805. The van der Waals surface area contributed by atoms with E-state index in [1.54, 1.807) is 0 Å². The normalized spacial score (nSPS) is 13.2. The Labute approximate surface area is 461 Å². The third-order valence-electron chi connectivity index (χ3n) is 12.3. The quantitative estimate of drug-likeness (QED) is 0.0261. The second kappa shape index (κ2) is 61.8. The van der Waals surface area contributed by atoms with Crippen molar-refractivity contribution in [2.75, 3.05) is 13.2 Å². The number of hydrogen-bond donors (Lipinski definition) is 0. The number of esters is 3. The number of unbranched alkanes of at least 4 members (excludes halogenated alkanes) is 18. The zero-order valence-corrected chi connectivity index (χ0v) is 48.3. The zero-order chi connectivity index (χ0) is 54.3. The Hall–Kier alpha value is -4.71. The van der Waals surface area contributed by atoms with E-state index in [1.807, 2.05) is 0 Å². The number of rotatable bonds is 53. The fourth-order valence-corrected chi connectivity index (χ4v) is 7.81. The summed E-state index contributed by atoms with van der Waals surface area (Å²) >= 11 is 0. The number of ether oxygens (including phenoxy) is 3. The van der Waals surface area contributed by atoms with E-state index in [4.69, 9.17) is 14.2 Å². The molecular weight excluding hydrogens is 925 g/mol. The fourth-order valence-electron chi connectivity index (χ4n) is 7.81. The van der Waals surface area contributed by atoms with Gasteiger partial charge in [-0.2, -0.15) is 0 Å². The minimum absolute atomic E-state index is 0.101. The third-order valence-corrected chi connectivity index (χ3v) is 12.3. The van der Waals surface area contributed by atoms with Gasteiger partial charge in [-0.3, -0.25) is 14.4 Å². The maximum atomic E-state index is 12.9. The van der Waals surface area contributed by atoms with Crippen molar-refractivity contribution in [1.82, 2.24) is 0 Å². The van der Waals surface area contributed by atoms with Crippen molar-refractivity contribution in [3.05, 3.63) is 146 Å². The smallest absolute Gasteiger partial charge is 0.306 e. The van der Waals surface area contributed by atoms with Gasteiger partial charge in [0, 0.05) is 19.3 Å². The van der Waals surface area contributed by atoms with Gasteiger partial charge in [-0.25, -0.2) is 0 Å². The highest BCUT2D eigenvalue weighted by Gasteiger charge is 2.19. The van der Waals surface area contributed by atoms with E-state index in [-0.39, 0.29) is 31.1 Å². The van der Waals surface area contributed by atoms with E-state index in [0.29, 0.717) is 19.3 Å². The van der Waals surface area contributed by atoms with E-state index < -0.39 is 6.10 Å². The van der Waals surface area contributed by atoms with E-state index in [2.05, 4.69) is 167 Å². The van der Waals surface area contributed by atoms with E-state index >= 15 is 0 Å². The van der Waals surface area contributed by atoms with Crippen molar-refractivity contribution < 1.29 is 28.6 Å². The molecular formula is C69H110O6. The molecule has 0 bridgehead atoms. The lowest BCUT2D eigenvalue weighted by Gasteiger charge is -2.18. The lowest BCUT2D eigenvalue weighted by atomic mass is 10.1. The molecule has 6 nitrogen and oxygen atoms in total. The number of carbonyl (C=O) groups is 3. The van der Waals surface area contributed by atoms with E-state index in [1.165, 1.54) is 51.4 Å². The molecule has 0 amide bonds. The van der Waals surface area contributed by atoms with Gasteiger partial charge >= 0.3 is 17.9 Å². The molecule has 75 heavy (non-hydrogen) atoms. The molecule has 0 spiro atoms. The van der Waals surface area contributed by atoms with Crippen LogP contribution in [0.3, 0.4) is 0 Å². The largest absolute Gasteiger partial charge is 0.462 e. The first-order chi connectivity index (χ1) is 37.0. The highest BCUT2D eigenvalue weighted by molar-refractivity contribution is 5.71. The summed E-state index contributed by atoms with van der Waals surface area (Å²) in [6.07, 6.45) is 88.5. The minimum Gasteiger partial charge on any atom is -0.462 e. The fraction of sp³-hybridized carbons (Fsp3) is 0.609. The first kappa shape index (κ1) is 70.3. The van der Waals surface area contributed by atoms with Gasteiger partial charge in [0.25, 0.3) is 0 Å². The average molecular weight is 1040 g/mol. The zero-order valence-electron chi connectivity index (χ0n) is 48.3. The van der Waals surface area contributed by atoms with Crippen LogP contribution in [-0.4, -0.2) is 37.2 Å². The van der Waals surface area contributed by atoms with Crippen LogP contribution in [0.15, 0.2) is 146 Å². The van der Waals surface area contributed by atoms with Gasteiger partial charge in [0.2, 0.25) is 0 Å². The molecule has 0 rings (SSSR count). The first-order valence-corrected chi connectivity index (χ1v) is 30.3. The van der Waals surface area contributed by atoms with E-state index in [9.17, 15) is 14.4 Å². The maximum absolute atomic E-state index is 12.9. The van der Waals surface area contributed by atoms with Crippen molar-refractivity contribution in [3.8, 4) is 0 Å². The second-order valence-corrected chi connectivity index (χ2v) is 19.5. The summed E-state index contributed by atoms with van der Waals surface area (Å²) in [5.41, 5.74) is 0.